The van der Waals surface area contributed by atoms with Gasteiger partial charge in [0.05, 0.1) is 5.92 Å². The fourth-order valence-electron chi connectivity index (χ4n) is 1.96. The molecule has 0 spiro atoms. The maximum absolute atomic E-state index is 12.1. The number of carbonyl (C=O) groups excluding carboxylic acids is 1. The predicted molar refractivity (Wildman–Crippen MR) is 75.6 cm³/mol. The molecule has 3 nitrogen and oxygen atoms in total. The van der Waals surface area contributed by atoms with E-state index >= 15 is 0 Å². The van der Waals surface area contributed by atoms with Crippen molar-refractivity contribution in [3.63, 3.8) is 0 Å². The number of hydrogen-bond acceptors (Lipinski definition) is 2. The lowest BCUT2D eigenvalue weighted by Crippen LogP contribution is -2.35. The van der Waals surface area contributed by atoms with Gasteiger partial charge in [-0.15, -0.1) is 0 Å². The van der Waals surface area contributed by atoms with Gasteiger partial charge < -0.3 is 10.6 Å². The van der Waals surface area contributed by atoms with Crippen molar-refractivity contribution in [1.29, 1.82) is 0 Å². The summed E-state index contributed by atoms with van der Waals surface area (Å²) >= 11 is 0. The minimum atomic E-state index is -0.0302. The van der Waals surface area contributed by atoms with E-state index in [9.17, 15) is 4.79 Å². The summed E-state index contributed by atoms with van der Waals surface area (Å²) in [7, 11) is 0. The molecule has 0 aliphatic heterocycles. The van der Waals surface area contributed by atoms with E-state index in [4.69, 9.17) is 0 Å². The lowest BCUT2D eigenvalue weighted by Gasteiger charge is -2.15. The Balaban J connectivity index is 2.39. The van der Waals surface area contributed by atoms with Gasteiger partial charge in [-0.05, 0) is 24.9 Å². The average Bonchev–Trinajstić information content (AvgIpc) is 2.40. The molecule has 2 N–H and O–H groups in total. The second-order valence-corrected chi connectivity index (χ2v) is 4.41. The Morgan fingerprint density at radius 1 is 1.11 bits per heavy atom. The van der Waals surface area contributed by atoms with E-state index in [1.165, 1.54) is 0 Å². The van der Waals surface area contributed by atoms with Gasteiger partial charge in [0.15, 0.2) is 0 Å². The average molecular weight is 248 g/mol. The first-order valence-electron chi connectivity index (χ1n) is 6.83. The monoisotopic (exact) mass is 248 g/mol. The largest absolute Gasteiger partial charge is 0.354 e. The standard InChI is InChI=1S/C15H24N2O/c1-3-10-16-11-12-17-15(18)14(4-2)13-8-6-5-7-9-13/h5-9,14,16H,3-4,10-12H2,1-2H3,(H,17,18). The molecule has 1 amide bonds. The summed E-state index contributed by atoms with van der Waals surface area (Å²) in [5.74, 6) is 0.0966. The molecule has 100 valence electrons. The molecule has 0 heterocycles. The summed E-state index contributed by atoms with van der Waals surface area (Å²) in [5.41, 5.74) is 1.10. The van der Waals surface area contributed by atoms with Gasteiger partial charge in [0.2, 0.25) is 5.91 Å². The lowest BCUT2D eigenvalue weighted by atomic mass is 9.96. The maximum Gasteiger partial charge on any atom is 0.227 e. The van der Waals surface area contributed by atoms with Crippen LogP contribution in [0, 0.1) is 0 Å². The Bertz CT molecular complexity index is 338. The van der Waals surface area contributed by atoms with Gasteiger partial charge >= 0.3 is 0 Å². The number of hydrogen-bond donors (Lipinski definition) is 2. The SMILES string of the molecule is CCCNCCNC(=O)C(CC)c1ccccc1. The third-order valence-electron chi connectivity index (χ3n) is 2.95. The molecule has 0 aromatic heterocycles. The predicted octanol–water partition coefficient (Wildman–Crippen LogP) is 2.30. The molecule has 18 heavy (non-hydrogen) atoms. The Morgan fingerprint density at radius 3 is 2.44 bits per heavy atom. The molecule has 1 unspecified atom stereocenters. The van der Waals surface area contributed by atoms with Crippen molar-refractivity contribution in [3.8, 4) is 0 Å². The molecule has 1 rings (SSSR count). The smallest absolute Gasteiger partial charge is 0.227 e. The topological polar surface area (TPSA) is 41.1 Å². The van der Waals surface area contributed by atoms with Crippen LogP contribution in [-0.2, 0) is 4.79 Å². The van der Waals surface area contributed by atoms with Crippen molar-refractivity contribution in [2.24, 2.45) is 0 Å². The molecule has 0 radical (unpaired) electrons. The molecule has 0 saturated carbocycles. The highest BCUT2D eigenvalue weighted by molar-refractivity contribution is 5.83. The van der Waals surface area contributed by atoms with Crippen LogP contribution in [0.4, 0.5) is 0 Å². The van der Waals surface area contributed by atoms with Crippen LogP contribution in [0.5, 0.6) is 0 Å². The van der Waals surface area contributed by atoms with E-state index in [1.54, 1.807) is 0 Å². The molecule has 0 bridgehead atoms. The zero-order valence-corrected chi connectivity index (χ0v) is 11.4. The third-order valence-corrected chi connectivity index (χ3v) is 2.95. The normalized spacial score (nSPS) is 12.1. The van der Waals surface area contributed by atoms with Crippen LogP contribution in [-0.4, -0.2) is 25.5 Å². The molecule has 0 saturated heterocycles. The van der Waals surface area contributed by atoms with Gasteiger partial charge in [-0.2, -0.15) is 0 Å². The Morgan fingerprint density at radius 2 is 1.83 bits per heavy atom. The zero-order valence-electron chi connectivity index (χ0n) is 11.4. The highest BCUT2D eigenvalue weighted by Crippen LogP contribution is 2.18. The van der Waals surface area contributed by atoms with E-state index in [2.05, 4.69) is 17.6 Å². The number of rotatable bonds is 8. The summed E-state index contributed by atoms with van der Waals surface area (Å²) < 4.78 is 0. The molecule has 0 aliphatic rings. The highest BCUT2D eigenvalue weighted by atomic mass is 16.1. The molecular weight excluding hydrogens is 224 g/mol. The van der Waals surface area contributed by atoms with Crippen molar-refractivity contribution in [2.75, 3.05) is 19.6 Å². The summed E-state index contributed by atoms with van der Waals surface area (Å²) in [6.07, 6.45) is 1.95. The van der Waals surface area contributed by atoms with Crippen LogP contribution >= 0.6 is 0 Å². The van der Waals surface area contributed by atoms with E-state index in [0.29, 0.717) is 6.54 Å². The number of carbonyl (C=O) groups is 1. The van der Waals surface area contributed by atoms with Gasteiger partial charge in [0.25, 0.3) is 0 Å². The second kappa shape index (κ2) is 8.70. The van der Waals surface area contributed by atoms with Gasteiger partial charge in [-0.3, -0.25) is 4.79 Å². The van der Waals surface area contributed by atoms with Gasteiger partial charge in [0.1, 0.15) is 0 Å². The van der Waals surface area contributed by atoms with Crippen LogP contribution in [0.15, 0.2) is 30.3 Å². The van der Waals surface area contributed by atoms with E-state index < -0.39 is 0 Å². The van der Waals surface area contributed by atoms with Gasteiger partial charge in [-0.25, -0.2) is 0 Å². The Hall–Kier alpha value is -1.35. The van der Waals surface area contributed by atoms with Crippen molar-refractivity contribution in [1.82, 2.24) is 10.6 Å². The van der Waals surface area contributed by atoms with Gasteiger partial charge in [0, 0.05) is 13.1 Å². The van der Waals surface area contributed by atoms with Crippen molar-refractivity contribution in [3.05, 3.63) is 35.9 Å². The fraction of sp³-hybridized carbons (Fsp3) is 0.533. The van der Waals surface area contributed by atoms with Crippen LogP contribution in [0.2, 0.25) is 0 Å². The molecule has 0 fully saturated rings. The third kappa shape index (κ3) is 4.88. The first-order valence-corrected chi connectivity index (χ1v) is 6.83. The summed E-state index contributed by atoms with van der Waals surface area (Å²) in [6.45, 7) is 6.72. The highest BCUT2D eigenvalue weighted by Gasteiger charge is 2.17. The van der Waals surface area contributed by atoms with E-state index in [-0.39, 0.29) is 11.8 Å². The molecule has 0 aliphatic carbocycles. The van der Waals surface area contributed by atoms with Crippen LogP contribution in [0.3, 0.4) is 0 Å². The minimum Gasteiger partial charge on any atom is -0.354 e. The van der Waals surface area contributed by atoms with E-state index in [1.807, 2.05) is 37.3 Å². The maximum atomic E-state index is 12.1. The summed E-state index contributed by atoms with van der Waals surface area (Å²) in [6, 6.07) is 9.97. The number of nitrogens with one attached hydrogen (secondary N) is 2. The Labute approximate surface area is 110 Å². The van der Waals surface area contributed by atoms with Crippen LogP contribution < -0.4 is 10.6 Å². The van der Waals surface area contributed by atoms with Crippen LogP contribution in [0.1, 0.15) is 38.2 Å². The summed E-state index contributed by atoms with van der Waals surface area (Å²) in [5, 5.41) is 6.26. The first kappa shape index (κ1) is 14.7. The van der Waals surface area contributed by atoms with Crippen LogP contribution in [0.25, 0.3) is 0 Å². The lowest BCUT2D eigenvalue weighted by molar-refractivity contribution is -0.122. The Kier molecular flexibility index (Phi) is 7.11. The van der Waals surface area contributed by atoms with E-state index in [0.717, 1.165) is 31.5 Å². The fourth-order valence-corrected chi connectivity index (χ4v) is 1.96. The molecular formula is C15H24N2O. The minimum absolute atomic E-state index is 0.0302. The zero-order chi connectivity index (χ0) is 13.2. The second-order valence-electron chi connectivity index (χ2n) is 4.41. The summed E-state index contributed by atoms with van der Waals surface area (Å²) in [4.78, 5) is 12.1. The van der Waals surface area contributed by atoms with Gasteiger partial charge in [-0.1, -0.05) is 44.2 Å². The van der Waals surface area contributed by atoms with Crippen molar-refractivity contribution >= 4 is 5.91 Å². The number of benzene rings is 1. The molecule has 1 aromatic carbocycles. The van der Waals surface area contributed by atoms with Crippen molar-refractivity contribution < 1.29 is 4.79 Å². The quantitative estimate of drug-likeness (QED) is 0.693. The first-order chi connectivity index (χ1) is 8.79. The molecule has 1 aromatic rings. The molecule has 1 atom stereocenters. The molecule has 3 heteroatoms. The number of amides is 1. The van der Waals surface area contributed by atoms with Crippen molar-refractivity contribution in [2.45, 2.75) is 32.6 Å².